The summed E-state index contributed by atoms with van der Waals surface area (Å²) in [6.45, 7) is 11.7. The van der Waals surface area contributed by atoms with E-state index >= 15 is 0 Å². The molecule has 1 fully saturated rings. The van der Waals surface area contributed by atoms with Gasteiger partial charge >= 0.3 is 0 Å². The van der Waals surface area contributed by atoms with Crippen LogP contribution in [0.3, 0.4) is 0 Å². The summed E-state index contributed by atoms with van der Waals surface area (Å²) in [6.07, 6.45) is 3.60. The molecule has 1 aliphatic rings. The molecule has 1 atom stereocenters. The number of hydrogen-bond donors (Lipinski definition) is 1. The number of ether oxygens (including phenoxy) is 1. The van der Waals surface area contributed by atoms with Crippen molar-refractivity contribution in [1.29, 1.82) is 0 Å². The van der Waals surface area contributed by atoms with Crippen molar-refractivity contribution in [1.82, 2.24) is 9.55 Å². The first-order chi connectivity index (χ1) is 20.9. The number of fused-ring (bicyclic) bond motifs is 1. The Kier molecular flexibility index (Phi) is 10.3. The van der Waals surface area contributed by atoms with E-state index in [-0.39, 0.29) is 24.0 Å². The summed E-state index contributed by atoms with van der Waals surface area (Å²) in [6, 6.07) is 18.4. The van der Waals surface area contributed by atoms with Crippen LogP contribution in [0.5, 0.6) is 0 Å². The lowest BCUT2D eigenvalue weighted by Crippen LogP contribution is -2.36. The van der Waals surface area contributed by atoms with Crippen molar-refractivity contribution in [3.8, 4) is 0 Å². The SMILES string of the molecule is CCC(CC)n1c(Cc2cccs2)nc2cc(C(=O)C[C@@H](CC(C)C)C(=O)Nc3cccc(N4CCOCC4)c3)ccc21. The van der Waals surface area contributed by atoms with Crippen LogP contribution in [0.15, 0.2) is 60.0 Å². The highest BCUT2D eigenvalue weighted by Crippen LogP contribution is 2.30. The van der Waals surface area contributed by atoms with Gasteiger partial charge in [-0.3, -0.25) is 9.59 Å². The van der Waals surface area contributed by atoms with Gasteiger partial charge in [0.1, 0.15) is 5.82 Å². The number of hydrogen-bond acceptors (Lipinski definition) is 6. The van der Waals surface area contributed by atoms with E-state index in [1.165, 1.54) is 4.88 Å². The Morgan fingerprint density at radius 1 is 1.02 bits per heavy atom. The van der Waals surface area contributed by atoms with E-state index in [1.54, 1.807) is 11.3 Å². The summed E-state index contributed by atoms with van der Waals surface area (Å²) in [5.41, 5.74) is 4.33. The van der Waals surface area contributed by atoms with E-state index in [2.05, 4.69) is 66.1 Å². The number of nitrogens with zero attached hydrogens (tertiary/aromatic N) is 3. The van der Waals surface area contributed by atoms with E-state index in [9.17, 15) is 9.59 Å². The standard InChI is InChI=1S/C35H44N4O3S/c1-5-28(6-2)39-32-13-12-25(20-31(32)37-34(39)23-30-11-8-18-43-30)33(40)21-26(19-24(3)4)35(41)36-27-9-7-10-29(22-27)38-14-16-42-17-15-38/h7-13,18,20,22,24,26,28H,5-6,14-17,19,21,23H2,1-4H3,(H,36,41)/t26-/m1/s1. The molecule has 4 aromatic rings. The summed E-state index contributed by atoms with van der Waals surface area (Å²) in [4.78, 5) is 35.8. The Balaban J connectivity index is 1.35. The first kappa shape index (κ1) is 31.0. The summed E-state index contributed by atoms with van der Waals surface area (Å²) in [5, 5.41) is 5.20. The molecule has 3 heterocycles. The molecule has 5 rings (SSSR count). The lowest BCUT2D eigenvalue weighted by Gasteiger charge is -2.29. The van der Waals surface area contributed by atoms with Crippen LogP contribution in [-0.4, -0.2) is 47.5 Å². The second-order valence-corrected chi connectivity index (χ2v) is 13.0. The molecule has 0 radical (unpaired) electrons. The third kappa shape index (κ3) is 7.54. The molecule has 228 valence electrons. The zero-order valence-electron chi connectivity index (χ0n) is 25.8. The van der Waals surface area contributed by atoms with E-state index < -0.39 is 5.92 Å². The number of anilines is 2. The number of thiophene rings is 1. The maximum Gasteiger partial charge on any atom is 0.227 e. The van der Waals surface area contributed by atoms with Gasteiger partial charge in [-0.1, -0.05) is 39.8 Å². The summed E-state index contributed by atoms with van der Waals surface area (Å²) in [5.74, 6) is 0.750. The van der Waals surface area contributed by atoms with Crippen LogP contribution in [0, 0.1) is 11.8 Å². The van der Waals surface area contributed by atoms with E-state index in [4.69, 9.17) is 9.72 Å². The molecule has 43 heavy (non-hydrogen) atoms. The molecule has 7 nitrogen and oxygen atoms in total. The van der Waals surface area contributed by atoms with Gasteiger partial charge in [0.25, 0.3) is 0 Å². The van der Waals surface area contributed by atoms with Gasteiger partial charge in [0, 0.05) is 59.7 Å². The molecule has 0 bridgehead atoms. The Bertz CT molecular complexity index is 1520. The second-order valence-electron chi connectivity index (χ2n) is 11.9. The number of aromatic nitrogens is 2. The lowest BCUT2D eigenvalue weighted by atomic mass is 9.89. The van der Waals surface area contributed by atoms with E-state index in [0.29, 0.717) is 31.2 Å². The number of carbonyl (C=O) groups is 2. The summed E-state index contributed by atoms with van der Waals surface area (Å²) in [7, 11) is 0. The average molecular weight is 601 g/mol. The smallest absolute Gasteiger partial charge is 0.227 e. The Morgan fingerprint density at radius 3 is 2.51 bits per heavy atom. The largest absolute Gasteiger partial charge is 0.378 e. The highest BCUT2D eigenvalue weighted by molar-refractivity contribution is 7.09. The number of imidazole rings is 1. The number of nitrogens with one attached hydrogen (secondary N) is 1. The van der Waals surface area contributed by atoms with E-state index in [0.717, 1.165) is 60.6 Å². The molecule has 0 aliphatic carbocycles. The maximum absolute atomic E-state index is 13.7. The molecule has 1 aliphatic heterocycles. The van der Waals surface area contributed by atoms with Crippen molar-refractivity contribution in [2.24, 2.45) is 11.8 Å². The first-order valence-electron chi connectivity index (χ1n) is 15.7. The molecule has 2 aromatic carbocycles. The summed E-state index contributed by atoms with van der Waals surface area (Å²) >= 11 is 1.74. The van der Waals surface area contributed by atoms with Crippen LogP contribution in [0.25, 0.3) is 11.0 Å². The minimum Gasteiger partial charge on any atom is -0.378 e. The number of carbonyl (C=O) groups excluding carboxylic acids is 2. The van der Waals surface area contributed by atoms with Crippen molar-refractivity contribution in [3.05, 3.63) is 76.2 Å². The first-order valence-corrected chi connectivity index (χ1v) is 16.5. The minimum atomic E-state index is -0.424. The van der Waals surface area contributed by atoms with Gasteiger partial charge in [-0.05, 0) is 73.0 Å². The Morgan fingerprint density at radius 2 is 1.81 bits per heavy atom. The topological polar surface area (TPSA) is 76.5 Å². The van der Waals surface area contributed by atoms with Gasteiger partial charge in [-0.15, -0.1) is 11.3 Å². The van der Waals surface area contributed by atoms with Gasteiger partial charge in [0.2, 0.25) is 5.91 Å². The highest BCUT2D eigenvalue weighted by Gasteiger charge is 2.25. The third-order valence-electron chi connectivity index (χ3n) is 8.35. The predicted molar refractivity (Wildman–Crippen MR) is 176 cm³/mol. The predicted octanol–water partition coefficient (Wildman–Crippen LogP) is 7.76. The van der Waals surface area contributed by atoms with Crippen LogP contribution in [-0.2, 0) is 16.0 Å². The molecule has 2 aromatic heterocycles. The fourth-order valence-corrected chi connectivity index (χ4v) is 6.82. The normalized spacial score (nSPS) is 14.5. The monoisotopic (exact) mass is 600 g/mol. The number of amides is 1. The molecular weight excluding hydrogens is 556 g/mol. The van der Waals surface area contributed by atoms with Crippen LogP contribution in [0.4, 0.5) is 11.4 Å². The number of ketones is 1. The van der Waals surface area contributed by atoms with Crippen LogP contribution < -0.4 is 10.2 Å². The van der Waals surface area contributed by atoms with Crippen molar-refractivity contribution >= 4 is 45.4 Å². The van der Waals surface area contributed by atoms with Gasteiger partial charge in [-0.2, -0.15) is 0 Å². The van der Waals surface area contributed by atoms with Gasteiger partial charge in [0.05, 0.1) is 24.2 Å². The quantitative estimate of drug-likeness (QED) is 0.159. The molecule has 8 heteroatoms. The molecular formula is C35H44N4O3S. The fraction of sp³-hybridized carbons (Fsp3) is 0.457. The average Bonchev–Trinajstić information content (AvgIpc) is 3.65. The van der Waals surface area contributed by atoms with Gasteiger partial charge in [-0.25, -0.2) is 4.98 Å². The van der Waals surface area contributed by atoms with Gasteiger partial charge < -0.3 is 19.5 Å². The molecule has 0 unspecified atom stereocenters. The van der Waals surface area contributed by atoms with E-state index in [1.807, 2.05) is 36.4 Å². The number of benzene rings is 2. The molecule has 0 spiro atoms. The fourth-order valence-electron chi connectivity index (χ4n) is 6.12. The van der Waals surface area contributed by atoms with Crippen LogP contribution >= 0.6 is 11.3 Å². The summed E-state index contributed by atoms with van der Waals surface area (Å²) < 4.78 is 7.85. The van der Waals surface area contributed by atoms with Gasteiger partial charge in [0.15, 0.2) is 5.78 Å². The van der Waals surface area contributed by atoms with Crippen molar-refractivity contribution in [2.45, 2.75) is 65.8 Å². The number of rotatable bonds is 13. The number of Topliss-reactive ketones (excluding diaryl/α,β-unsaturated/α-hetero) is 1. The maximum atomic E-state index is 13.7. The third-order valence-corrected chi connectivity index (χ3v) is 9.23. The van der Waals surface area contributed by atoms with Crippen molar-refractivity contribution in [3.63, 3.8) is 0 Å². The minimum absolute atomic E-state index is 0.0262. The lowest BCUT2D eigenvalue weighted by molar-refractivity contribution is -0.120. The molecule has 1 saturated heterocycles. The Labute approximate surface area is 259 Å². The second kappa shape index (κ2) is 14.3. The van der Waals surface area contributed by atoms with Crippen LogP contribution in [0.2, 0.25) is 0 Å². The zero-order valence-corrected chi connectivity index (χ0v) is 26.7. The zero-order chi connectivity index (χ0) is 30.3. The highest BCUT2D eigenvalue weighted by atomic mass is 32.1. The molecule has 0 saturated carbocycles. The van der Waals surface area contributed by atoms with Crippen molar-refractivity contribution < 1.29 is 14.3 Å². The number of morpholine rings is 1. The Hall–Kier alpha value is -3.49. The van der Waals surface area contributed by atoms with Crippen molar-refractivity contribution in [2.75, 3.05) is 36.5 Å². The van der Waals surface area contributed by atoms with Crippen LogP contribution in [0.1, 0.15) is 80.5 Å². The molecule has 1 amide bonds. The molecule has 1 N–H and O–H groups in total.